The van der Waals surface area contributed by atoms with Crippen molar-refractivity contribution in [3.05, 3.63) is 53.6 Å². The molecule has 1 aromatic heterocycles. The van der Waals surface area contributed by atoms with E-state index in [0.29, 0.717) is 11.1 Å². The van der Waals surface area contributed by atoms with Crippen LogP contribution in [0.1, 0.15) is 20.8 Å². The summed E-state index contributed by atoms with van der Waals surface area (Å²) in [4.78, 5) is 25.2. The number of halogens is 1. The molecule has 0 saturated heterocycles. The molecule has 2 rings (SSSR count). The molecule has 0 unspecified atom stereocenters. The van der Waals surface area contributed by atoms with Gasteiger partial charge in [0.2, 0.25) is 0 Å². The van der Waals surface area contributed by atoms with Gasteiger partial charge >= 0.3 is 11.9 Å². The number of hydrogen-bond donors (Lipinski definition) is 2. The van der Waals surface area contributed by atoms with Crippen molar-refractivity contribution >= 4 is 11.9 Å². The van der Waals surface area contributed by atoms with Gasteiger partial charge in [0.15, 0.2) is 0 Å². The van der Waals surface area contributed by atoms with Gasteiger partial charge in [-0.05, 0) is 29.8 Å². The Bertz CT molecular complexity index is 652. The van der Waals surface area contributed by atoms with Gasteiger partial charge in [0.1, 0.15) is 11.5 Å². The minimum atomic E-state index is -1.24. The number of carbonyl (C=O) groups is 2. The van der Waals surface area contributed by atoms with Gasteiger partial charge in [-0.3, -0.25) is 0 Å². The summed E-state index contributed by atoms with van der Waals surface area (Å²) in [6.07, 6.45) is 1.25. The van der Waals surface area contributed by atoms with Crippen LogP contribution in [0.15, 0.2) is 36.5 Å². The van der Waals surface area contributed by atoms with Gasteiger partial charge in [0.25, 0.3) is 0 Å². The molecule has 0 amide bonds. The minimum Gasteiger partial charge on any atom is -0.478 e. The summed E-state index contributed by atoms with van der Waals surface area (Å²) in [5, 5.41) is 17.5. The van der Waals surface area contributed by atoms with Crippen LogP contribution >= 0.6 is 0 Å². The van der Waals surface area contributed by atoms with Crippen LogP contribution < -0.4 is 0 Å². The average Bonchev–Trinajstić information content (AvgIpc) is 2.38. The van der Waals surface area contributed by atoms with Gasteiger partial charge < -0.3 is 10.2 Å². The molecule has 0 aliphatic rings. The second-order valence-electron chi connectivity index (χ2n) is 3.77. The largest absolute Gasteiger partial charge is 0.478 e. The Hall–Kier alpha value is -2.76. The number of aromatic carboxylic acids is 2. The topological polar surface area (TPSA) is 87.5 Å². The summed E-state index contributed by atoms with van der Waals surface area (Å²) < 4.78 is 13.3. The Morgan fingerprint density at radius 1 is 1.00 bits per heavy atom. The van der Waals surface area contributed by atoms with Crippen LogP contribution in [0.3, 0.4) is 0 Å². The lowest BCUT2D eigenvalue weighted by molar-refractivity contribution is 0.0682. The summed E-state index contributed by atoms with van der Waals surface area (Å²) in [6, 6.07) is 6.07. The van der Waals surface area contributed by atoms with Gasteiger partial charge in [-0.25, -0.2) is 19.0 Å². The maximum Gasteiger partial charge on any atom is 0.354 e. The normalized spacial score (nSPS) is 10.2. The molecule has 1 heterocycles. The molecule has 0 aliphatic heterocycles. The van der Waals surface area contributed by atoms with E-state index in [4.69, 9.17) is 10.2 Å². The smallest absolute Gasteiger partial charge is 0.354 e. The third-order valence-electron chi connectivity index (χ3n) is 2.46. The predicted octanol–water partition coefficient (Wildman–Crippen LogP) is 2.28. The van der Waals surface area contributed by atoms with Gasteiger partial charge in [0, 0.05) is 11.8 Å². The molecule has 0 saturated carbocycles. The van der Waals surface area contributed by atoms with Crippen LogP contribution in [-0.2, 0) is 0 Å². The van der Waals surface area contributed by atoms with Crippen molar-refractivity contribution in [2.45, 2.75) is 0 Å². The Morgan fingerprint density at radius 3 is 2.26 bits per heavy atom. The third kappa shape index (κ3) is 2.74. The van der Waals surface area contributed by atoms with E-state index in [1.807, 2.05) is 0 Å². The zero-order valence-corrected chi connectivity index (χ0v) is 9.50. The molecular formula is C13H8FNO4. The standard InChI is InChI=1S/C13H8FNO4/c14-10-4-8(3-9(5-10)12(16)17)7-1-2-11(13(18)19)15-6-7/h1-6H,(H,16,17)(H,18,19). The van der Waals surface area contributed by atoms with Crippen LogP contribution in [0, 0.1) is 5.82 Å². The highest BCUT2D eigenvalue weighted by Crippen LogP contribution is 2.21. The lowest BCUT2D eigenvalue weighted by Gasteiger charge is -2.04. The van der Waals surface area contributed by atoms with Crippen molar-refractivity contribution in [3.8, 4) is 11.1 Å². The van der Waals surface area contributed by atoms with Gasteiger partial charge in [0.05, 0.1) is 5.56 Å². The lowest BCUT2D eigenvalue weighted by Crippen LogP contribution is -2.00. The molecule has 0 atom stereocenters. The van der Waals surface area contributed by atoms with Crippen LogP contribution in [0.4, 0.5) is 4.39 Å². The molecule has 0 bridgehead atoms. The molecule has 2 N–H and O–H groups in total. The fraction of sp³-hybridized carbons (Fsp3) is 0. The fourth-order valence-corrected chi connectivity index (χ4v) is 1.57. The van der Waals surface area contributed by atoms with E-state index < -0.39 is 17.8 Å². The number of hydrogen-bond acceptors (Lipinski definition) is 3. The Labute approximate surface area is 107 Å². The number of nitrogens with zero attached hydrogens (tertiary/aromatic N) is 1. The number of pyridine rings is 1. The van der Waals surface area contributed by atoms with Crippen molar-refractivity contribution in [3.63, 3.8) is 0 Å². The van der Waals surface area contributed by atoms with Crippen molar-refractivity contribution in [2.24, 2.45) is 0 Å². The van der Waals surface area contributed by atoms with Gasteiger partial charge in [-0.1, -0.05) is 6.07 Å². The molecule has 19 heavy (non-hydrogen) atoms. The summed E-state index contributed by atoms with van der Waals surface area (Å²) in [7, 11) is 0. The van der Waals surface area contributed by atoms with E-state index in [9.17, 15) is 14.0 Å². The number of benzene rings is 1. The summed E-state index contributed by atoms with van der Waals surface area (Å²) in [5.41, 5.74) is 0.435. The van der Waals surface area contributed by atoms with Crippen molar-refractivity contribution < 1.29 is 24.2 Å². The highest BCUT2D eigenvalue weighted by Gasteiger charge is 2.10. The number of rotatable bonds is 3. The molecule has 5 nitrogen and oxygen atoms in total. The molecule has 1 aromatic carbocycles. The summed E-state index contributed by atoms with van der Waals surface area (Å²) in [5.74, 6) is -3.09. The van der Waals surface area contributed by atoms with E-state index in [2.05, 4.69) is 4.98 Å². The summed E-state index contributed by atoms with van der Waals surface area (Å²) >= 11 is 0. The average molecular weight is 261 g/mol. The van der Waals surface area contributed by atoms with Crippen LogP contribution in [0.25, 0.3) is 11.1 Å². The number of carboxylic acid groups (broad SMARTS) is 2. The maximum absolute atomic E-state index is 13.3. The molecule has 0 spiro atoms. The zero-order chi connectivity index (χ0) is 14.0. The van der Waals surface area contributed by atoms with Crippen LogP contribution in [0.2, 0.25) is 0 Å². The van der Waals surface area contributed by atoms with E-state index in [-0.39, 0.29) is 11.3 Å². The fourth-order valence-electron chi connectivity index (χ4n) is 1.57. The van der Waals surface area contributed by atoms with Gasteiger partial charge in [-0.2, -0.15) is 0 Å². The monoisotopic (exact) mass is 261 g/mol. The molecule has 0 fully saturated rings. The first-order valence-electron chi connectivity index (χ1n) is 5.21. The molecule has 6 heteroatoms. The van der Waals surface area contributed by atoms with E-state index in [0.717, 1.165) is 12.1 Å². The first-order valence-corrected chi connectivity index (χ1v) is 5.21. The molecule has 0 aliphatic carbocycles. The first-order chi connectivity index (χ1) is 8.97. The second kappa shape index (κ2) is 4.85. The quantitative estimate of drug-likeness (QED) is 0.884. The van der Waals surface area contributed by atoms with Crippen molar-refractivity contribution in [2.75, 3.05) is 0 Å². The Balaban J connectivity index is 2.46. The molecular weight excluding hydrogens is 253 g/mol. The Kier molecular flexibility index (Phi) is 3.24. The van der Waals surface area contributed by atoms with Gasteiger partial charge in [-0.15, -0.1) is 0 Å². The minimum absolute atomic E-state index is 0.140. The van der Waals surface area contributed by atoms with E-state index >= 15 is 0 Å². The SMILES string of the molecule is O=C(O)c1cc(F)cc(-c2ccc(C(=O)O)nc2)c1. The highest BCUT2D eigenvalue weighted by atomic mass is 19.1. The molecule has 2 aromatic rings. The number of aromatic nitrogens is 1. The zero-order valence-electron chi connectivity index (χ0n) is 9.50. The first kappa shape index (κ1) is 12.7. The van der Waals surface area contributed by atoms with Crippen LogP contribution in [0.5, 0.6) is 0 Å². The van der Waals surface area contributed by atoms with E-state index in [1.54, 1.807) is 0 Å². The van der Waals surface area contributed by atoms with Crippen LogP contribution in [-0.4, -0.2) is 27.1 Å². The molecule has 96 valence electrons. The van der Waals surface area contributed by atoms with Crippen molar-refractivity contribution in [1.29, 1.82) is 0 Å². The third-order valence-corrected chi connectivity index (χ3v) is 2.46. The predicted molar refractivity (Wildman–Crippen MR) is 63.5 cm³/mol. The number of carboxylic acids is 2. The highest BCUT2D eigenvalue weighted by molar-refractivity contribution is 5.89. The van der Waals surface area contributed by atoms with E-state index in [1.165, 1.54) is 24.4 Å². The lowest BCUT2D eigenvalue weighted by atomic mass is 10.0. The Morgan fingerprint density at radius 2 is 1.74 bits per heavy atom. The summed E-state index contributed by atoms with van der Waals surface area (Å²) in [6.45, 7) is 0. The molecule has 0 radical (unpaired) electrons. The maximum atomic E-state index is 13.3. The van der Waals surface area contributed by atoms with Crippen molar-refractivity contribution in [1.82, 2.24) is 4.98 Å². The second-order valence-corrected chi connectivity index (χ2v) is 3.77.